The SMILES string of the molecule is CC(C)NC(=O)C(C)NC(=O)N1CCC(C(=O)O)C1. The number of rotatable bonds is 4. The van der Waals surface area contributed by atoms with E-state index in [0.29, 0.717) is 13.0 Å². The average Bonchev–Trinajstić information content (AvgIpc) is 2.77. The number of carboxylic acids is 1. The van der Waals surface area contributed by atoms with Crippen LogP contribution in [0.1, 0.15) is 27.2 Å². The lowest BCUT2D eigenvalue weighted by Crippen LogP contribution is -2.50. The van der Waals surface area contributed by atoms with Gasteiger partial charge < -0.3 is 20.6 Å². The monoisotopic (exact) mass is 271 g/mol. The molecule has 2 atom stereocenters. The Morgan fingerprint density at radius 2 is 1.84 bits per heavy atom. The lowest BCUT2D eigenvalue weighted by atomic mass is 10.1. The second-order valence-electron chi connectivity index (χ2n) is 5.10. The molecule has 1 fully saturated rings. The van der Waals surface area contributed by atoms with Crippen molar-refractivity contribution in [1.29, 1.82) is 0 Å². The van der Waals surface area contributed by atoms with Gasteiger partial charge in [-0.2, -0.15) is 0 Å². The number of aliphatic carboxylic acids is 1. The molecule has 1 aliphatic heterocycles. The first kappa shape index (κ1) is 15.3. The average molecular weight is 271 g/mol. The van der Waals surface area contributed by atoms with Crippen LogP contribution in [-0.4, -0.2) is 53.1 Å². The fourth-order valence-corrected chi connectivity index (χ4v) is 1.90. The van der Waals surface area contributed by atoms with Gasteiger partial charge in [0.05, 0.1) is 5.92 Å². The standard InChI is InChI=1S/C12H21N3O4/c1-7(2)13-10(16)8(3)14-12(19)15-5-4-9(6-15)11(17)18/h7-9H,4-6H2,1-3H3,(H,13,16)(H,14,19)(H,17,18). The molecule has 0 bridgehead atoms. The highest BCUT2D eigenvalue weighted by molar-refractivity contribution is 5.87. The summed E-state index contributed by atoms with van der Waals surface area (Å²) in [5, 5.41) is 14.1. The van der Waals surface area contributed by atoms with Crippen molar-refractivity contribution in [1.82, 2.24) is 15.5 Å². The molecule has 0 radical (unpaired) electrons. The number of urea groups is 1. The Labute approximate surface area is 112 Å². The van der Waals surface area contributed by atoms with E-state index in [2.05, 4.69) is 10.6 Å². The van der Waals surface area contributed by atoms with Crippen LogP contribution in [0.15, 0.2) is 0 Å². The molecule has 0 aromatic carbocycles. The third-order valence-electron chi connectivity index (χ3n) is 2.99. The fraction of sp³-hybridized carbons (Fsp3) is 0.750. The Bertz CT molecular complexity index is 370. The molecule has 0 spiro atoms. The summed E-state index contributed by atoms with van der Waals surface area (Å²) in [5.74, 6) is -1.65. The molecule has 7 heteroatoms. The minimum absolute atomic E-state index is 0.00929. The molecule has 1 rings (SSSR count). The maximum atomic E-state index is 11.9. The highest BCUT2D eigenvalue weighted by Gasteiger charge is 2.31. The van der Waals surface area contributed by atoms with Crippen molar-refractivity contribution in [2.75, 3.05) is 13.1 Å². The van der Waals surface area contributed by atoms with E-state index in [0.717, 1.165) is 0 Å². The molecule has 0 saturated carbocycles. The predicted octanol–water partition coefficient (Wildman–Crippen LogP) is 0.0156. The minimum Gasteiger partial charge on any atom is -0.481 e. The maximum absolute atomic E-state index is 11.9. The second kappa shape index (κ2) is 6.40. The van der Waals surface area contributed by atoms with Gasteiger partial charge in [-0.25, -0.2) is 4.79 Å². The zero-order valence-corrected chi connectivity index (χ0v) is 11.5. The summed E-state index contributed by atoms with van der Waals surface area (Å²) >= 11 is 0. The number of carboxylic acid groups (broad SMARTS) is 1. The van der Waals surface area contributed by atoms with Crippen molar-refractivity contribution in [3.8, 4) is 0 Å². The molecule has 1 saturated heterocycles. The Morgan fingerprint density at radius 1 is 1.21 bits per heavy atom. The second-order valence-corrected chi connectivity index (χ2v) is 5.10. The van der Waals surface area contributed by atoms with Crippen molar-refractivity contribution in [3.05, 3.63) is 0 Å². The molecular formula is C12H21N3O4. The molecule has 1 aliphatic rings. The molecule has 7 nitrogen and oxygen atoms in total. The van der Waals surface area contributed by atoms with E-state index in [-0.39, 0.29) is 18.5 Å². The van der Waals surface area contributed by atoms with Crippen LogP contribution >= 0.6 is 0 Å². The summed E-state index contributed by atoms with van der Waals surface area (Å²) in [6.07, 6.45) is 0.454. The van der Waals surface area contributed by atoms with Gasteiger partial charge in [0.15, 0.2) is 0 Å². The van der Waals surface area contributed by atoms with E-state index in [1.807, 2.05) is 13.8 Å². The van der Waals surface area contributed by atoms with Gasteiger partial charge in [0.2, 0.25) is 5.91 Å². The van der Waals surface area contributed by atoms with Gasteiger partial charge in [0.1, 0.15) is 6.04 Å². The zero-order valence-electron chi connectivity index (χ0n) is 11.5. The van der Waals surface area contributed by atoms with Gasteiger partial charge in [0.25, 0.3) is 0 Å². The normalized spacial score (nSPS) is 20.2. The first-order valence-corrected chi connectivity index (χ1v) is 6.40. The van der Waals surface area contributed by atoms with E-state index >= 15 is 0 Å². The maximum Gasteiger partial charge on any atom is 0.318 e. The first-order valence-electron chi connectivity index (χ1n) is 6.40. The third-order valence-corrected chi connectivity index (χ3v) is 2.99. The van der Waals surface area contributed by atoms with Crippen molar-refractivity contribution >= 4 is 17.9 Å². The van der Waals surface area contributed by atoms with Gasteiger partial charge in [-0.1, -0.05) is 0 Å². The van der Waals surface area contributed by atoms with Crippen LogP contribution in [0.25, 0.3) is 0 Å². The van der Waals surface area contributed by atoms with Crippen molar-refractivity contribution < 1.29 is 19.5 Å². The van der Waals surface area contributed by atoms with E-state index < -0.39 is 24.0 Å². The van der Waals surface area contributed by atoms with Crippen LogP contribution in [-0.2, 0) is 9.59 Å². The van der Waals surface area contributed by atoms with Gasteiger partial charge >= 0.3 is 12.0 Å². The number of carbonyl (C=O) groups is 3. The number of likely N-dealkylation sites (tertiary alicyclic amines) is 1. The number of hydrogen-bond donors (Lipinski definition) is 3. The predicted molar refractivity (Wildman–Crippen MR) is 68.6 cm³/mol. The molecule has 3 N–H and O–H groups in total. The molecule has 0 aromatic heterocycles. The van der Waals surface area contributed by atoms with E-state index in [4.69, 9.17) is 5.11 Å². The van der Waals surface area contributed by atoms with Gasteiger partial charge in [-0.15, -0.1) is 0 Å². The number of nitrogens with one attached hydrogen (secondary N) is 2. The molecular weight excluding hydrogens is 250 g/mol. The highest BCUT2D eigenvalue weighted by atomic mass is 16.4. The summed E-state index contributed by atoms with van der Waals surface area (Å²) in [7, 11) is 0. The van der Waals surface area contributed by atoms with Crippen molar-refractivity contribution in [2.45, 2.75) is 39.3 Å². The summed E-state index contributed by atoms with van der Waals surface area (Å²) in [6.45, 7) is 5.87. The largest absolute Gasteiger partial charge is 0.481 e. The molecule has 0 aromatic rings. The van der Waals surface area contributed by atoms with Gasteiger partial charge in [-0.3, -0.25) is 9.59 Å². The molecule has 1 heterocycles. The molecule has 2 unspecified atom stereocenters. The van der Waals surface area contributed by atoms with E-state index in [1.165, 1.54) is 4.90 Å². The summed E-state index contributed by atoms with van der Waals surface area (Å²) in [4.78, 5) is 35.7. The topological polar surface area (TPSA) is 98.7 Å². The quantitative estimate of drug-likeness (QED) is 0.671. The number of nitrogens with zero attached hydrogens (tertiary/aromatic N) is 1. The van der Waals surface area contributed by atoms with Crippen LogP contribution in [0, 0.1) is 5.92 Å². The first-order chi connectivity index (χ1) is 8.81. The summed E-state index contributed by atoms with van der Waals surface area (Å²) in [6, 6.07) is -1.02. The van der Waals surface area contributed by atoms with Crippen LogP contribution in [0.5, 0.6) is 0 Å². The third kappa shape index (κ3) is 4.42. The Hall–Kier alpha value is -1.79. The van der Waals surface area contributed by atoms with Crippen molar-refractivity contribution in [3.63, 3.8) is 0 Å². The van der Waals surface area contributed by atoms with E-state index in [9.17, 15) is 14.4 Å². The minimum atomic E-state index is -0.888. The van der Waals surface area contributed by atoms with Crippen molar-refractivity contribution in [2.24, 2.45) is 5.92 Å². The van der Waals surface area contributed by atoms with Crippen LogP contribution in [0.2, 0.25) is 0 Å². The Kier molecular flexibility index (Phi) is 5.14. The number of carbonyl (C=O) groups excluding carboxylic acids is 2. The Morgan fingerprint density at radius 3 is 2.32 bits per heavy atom. The summed E-state index contributed by atoms with van der Waals surface area (Å²) < 4.78 is 0. The lowest BCUT2D eigenvalue weighted by Gasteiger charge is -2.21. The van der Waals surface area contributed by atoms with E-state index in [1.54, 1.807) is 6.92 Å². The van der Waals surface area contributed by atoms with Gasteiger partial charge in [0, 0.05) is 19.1 Å². The molecule has 19 heavy (non-hydrogen) atoms. The fourth-order valence-electron chi connectivity index (χ4n) is 1.90. The Balaban J connectivity index is 2.43. The smallest absolute Gasteiger partial charge is 0.318 e. The van der Waals surface area contributed by atoms with Crippen LogP contribution in [0.3, 0.4) is 0 Å². The zero-order chi connectivity index (χ0) is 14.6. The van der Waals surface area contributed by atoms with Crippen LogP contribution < -0.4 is 10.6 Å². The highest BCUT2D eigenvalue weighted by Crippen LogP contribution is 2.16. The molecule has 108 valence electrons. The molecule has 0 aliphatic carbocycles. The molecule has 3 amide bonds. The number of hydrogen-bond acceptors (Lipinski definition) is 3. The lowest BCUT2D eigenvalue weighted by molar-refractivity contribution is -0.141. The van der Waals surface area contributed by atoms with Gasteiger partial charge in [-0.05, 0) is 27.2 Å². The van der Waals surface area contributed by atoms with Crippen LogP contribution in [0.4, 0.5) is 4.79 Å². The number of amides is 3. The summed E-state index contributed by atoms with van der Waals surface area (Å²) in [5.41, 5.74) is 0.